The summed E-state index contributed by atoms with van der Waals surface area (Å²) in [6, 6.07) is 9.73. The van der Waals surface area contributed by atoms with Crippen molar-refractivity contribution in [1.29, 1.82) is 0 Å². The molecule has 0 N–H and O–H groups in total. The fraction of sp³-hybridized carbons (Fsp3) is 0.429. The van der Waals surface area contributed by atoms with Gasteiger partial charge in [0.2, 0.25) is 0 Å². The minimum Gasteiger partial charge on any atom is -0.469 e. The summed E-state index contributed by atoms with van der Waals surface area (Å²) < 4.78 is 9.30. The largest absolute Gasteiger partial charge is 0.469 e. The summed E-state index contributed by atoms with van der Waals surface area (Å²) in [4.78, 5) is 22.5. The Kier molecular flexibility index (Phi) is 7.03. The summed E-state index contributed by atoms with van der Waals surface area (Å²) in [5, 5.41) is -0.00157. The second kappa shape index (κ2) is 8.58. The Morgan fingerprint density at radius 1 is 1.11 bits per heavy atom. The first-order chi connectivity index (χ1) is 9.17. The van der Waals surface area contributed by atoms with E-state index >= 15 is 0 Å². The molecule has 104 valence electrons. The molecule has 0 amide bonds. The third-order valence-electron chi connectivity index (χ3n) is 2.60. The first kappa shape index (κ1) is 15.6. The van der Waals surface area contributed by atoms with Gasteiger partial charge < -0.3 is 9.47 Å². The topological polar surface area (TPSA) is 52.6 Å². The lowest BCUT2D eigenvalue weighted by molar-refractivity contribution is -0.141. The molecule has 0 heterocycles. The molecule has 1 aromatic carbocycles. The van der Waals surface area contributed by atoms with Gasteiger partial charge in [0.15, 0.2) is 0 Å². The minimum atomic E-state index is -0.251. The van der Waals surface area contributed by atoms with Crippen LogP contribution in [0.15, 0.2) is 30.3 Å². The van der Waals surface area contributed by atoms with Crippen molar-refractivity contribution in [3.05, 3.63) is 35.9 Å². The maximum absolute atomic E-state index is 11.4. The molecule has 0 radical (unpaired) electrons. The number of carbonyl (C=O) groups is 2. The Morgan fingerprint density at radius 2 is 1.74 bits per heavy atom. The van der Waals surface area contributed by atoms with Gasteiger partial charge in [0.05, 0.1) is 27.1 Å². The Balaban J connectivity index is 2.60. The zero-order valence-corrected chi connectivity index (χ0v) is 11.9. The summed E-state index contributed by atoms with van der Waals surface area (Å²) in [5.41, 5.74) is 1.06. The van der Waals surface area contributed by atoms with E-state index in [4.69, 9.17) is 4.74 Å². The van der Waals surface area contributed by atoms with Gasteiger partial charge in [-0.3, -0.25) is 9.59 Å². The van der Waals surface area contributed by atoms with Gasteiger partial charge in [0.1, 0.15) is 0 Å². The lowest BCUT2D eigenvalue weighted by atomic mass is 10.1. The smallest absolute Gasteiger partial charge is 0.306 e. The van der Waals surface area contributed by atoms with Gasteiger partial charge >= 0.3 is 11.9 Å². The zero-order chi connectivity index (χ0) is 14.1. The quantitative estimate of drug-likeness (QED) is 0.719. The predicted octanol–water partition coefficient (Wildman–Crippen LogP) is 2.59. The summed E-state index contributed by atoms with van der Waals surface area (Å²) in [7, 11) is 2.75. The van der Waals surface area contributed by atoms with E-state index in [0.29, 0.717) is 18.6 Å². The van der Waals surface area contributed by atoms with Gasteiger partial charge in [0.25, 0.3) is 0 Å². The maximum Gasteiger partial charge on any atom is 0.306 e. The lowest BCUT2D eigenvalue weighted by Crippen LogP contribution is -2.08. The Hall–Kier alpha value is -1.49. The fourth-order valence-electron chi connectivity index (χ4n) is 1.56. The second-order valence-electron chi connectivity index (χ2n) is 3.88. The van der Waals surface area contributed by atoms with Crippen molar-refractivity contribution in [3.63, 3.8) is 0 Å². The molecule has 0 aliphatic carbocycles. The van der Waals surface area contributed by atoms with Gasteiger partial charge in [0, 0.05) is 11.0 Å². The van der Waals surface area contributed by atoms with Gasteiger partial charge in [-0.05, 0) is 5.56 Å². The van der Waals surface area contributed by atoms with E-state index in [1.807, 2.05) is 30.3 Å². The molecule has 4 nitrogen and oxygen atoms in total. The van der Waals surface area contributed by atoms with E-state index in [2.05, 4.69) is 4.74 Å². The van der Waals surface area contributed by atoms with E-state index in [9.17, 15) is 9.59 Å². The van der Waals surface area contributed by atoms with Gasteiger partial charge in [-0.2, -0.15) is 11.8 Å². The third kappa shape index (κ3) is 5.79. The van der Waals surface area contributed by atoms with Gasteiger partial charge in [-0.25, -0.2) is 0 Å². The lowest BCUT2D eigenvalue weighted by Gasteiger charge is -2.15. The number of ether oxygens (including phenoxy) is 2. The molecule has 0 unspecified atom stereocenters. The average Bonchev–Trinajstić information content (AvgIpc) is 2.46. The second-order valence-corrected chi connectivity index (χ2v) is 5.19. The Morgan fingerprint density at radius 3 is 2.32 bits per heavy atom. The highest BCUT2D eigenvalue weighted by molar-refractivity contribution is 7.99. The number of hydrogen-bond acceptors (Lipinski definition) is 5. The van der Waals surface area contributed by atoms with Crippen molar-refractivity contribution in [2.24, 2.45) is 0 Å². The molecule has 1 atom stereocenters. The molecule has 0 saturated carbocycles. The van der Waals surface area contributed by atoms with E-state index in [0.717, 1.165) is 5.56 Å². The van der Waals surface area contributed by atoms with Gasteiger partial charge in [-0.15, -0.1) is 0 Å². The molecule has 0 aliphatic heterocycles. The highest BCUT2D eigenvalue weighted by Gasteiger charge is 2.17. The predicted molar refractivity (Wildman–Crippen MR) is 74.9 cm³/mol. The Labute approximate surface area is 117 Å². The minimum absolute atomic E-state index is 0.00157. The molecule has 0 saturated heterocycles. The summed E-state index contributed by atoms with van der Waals surface area (Å²) in [5.74, 6) is 0.125. The van der Waals surface area contributed by atoms with Crippen LogP contribution in [0.4, 0.5) is 0 Å². The molecule has 0 aromatic heterocycles. The number of benzene rings is 1. The number of methoxy groups -OCH3 is 2. The van der Waals surface area contributed by atoms with Crippen molar-refractivity contribution in [2.75, 3.05) is 20.0 Å². The third-order valence-corrected chi connectivity index (χ3v) is 3.89. The molecule has 1 aromatic rings. The number of thioether (sulfide) groups is 1. The molecule has 0 spiro atoms. The highest BCUT2D eigenvalue weighted by Crippen LogP contribution is 2.32. The van der Waals surface area contributed by atoms with Crippen LogP contribution in [-0.4, -0.2) is 31.9 Å². The molecule has 0 bridgehead atoms. The van der Waals surface area contributed by atoms with Crippen LogP contribution in [0.3, 0.4) is 0 Å². The van der Waals surface area contributed by atoms with Gasteiger partial charge in [-0.1, -0.05) is 30.3 Å². The molecule has 19 heavy (non-hydrogen) atoms. The SMILES string of the molecule is COC(=O)CCS[C@@H](CC(=O)OC)c1ccccc1. The van der Waals surface area contributed by atoms with Crippen molar-refractivity contribution in [2.45, 2.75) is 18.1 Å². The summed E-state index contributed by atoms with van der Waals surface area (Å²) >= 11 is 1.56. The standard InChI is InChI=1S/C14H18O4S/c1-17-13(15)8-9-19-12(10-14(16)18-2)11-6-4-3-5-7-11/h3-7,12H,8-10H2,1-2H3/t12-/m0/s1. The summed E-state index contributed by atoms with van der Waals surface area (Å²) in [6.45, 7) is 0. The molecule has 0 fully saturated rings. The zero-order valence-electron chi connectivity index (χ0n) is 11.1. The highest BCUT2D eigenvalue weighted by atomic mass is 32.2. The number of esters is 2. The summed E-state index contributed by atoms with van der Waals surface area (Å²) in [6.07, 6.45) is 0.637. The van der Waals surface area contributed by atoms with Crippen molar-refractivity contribution in [3.8, 4) is 0 Å². The fourth-order valence-corrected chi connectivity index (χ4v) is 2.73. The normalized spacial score (nSPS) is 11.7. The molecular weight excluding hydrogens is 264 g/mol. The van der Waals surface area contributed by atoms with Crippen LogP contribution in [0.1, 0.15) is 23.7 Å². The average molecular weight is 282 g/mol. The van der Waals surface area contributed by atoms with E-state index in [1.165, 1.54) is 14.2 Å². The number of carbonyl (C=O) groups excluding carboxylic acids is 2. The van der Waals surface area contributed by atoms with Crippen LogP contribution in [0.25, 0.3) is 0 Å². The molecule has 1 rings (SSSR count). The van der Waals surface area contributed by atoms with Crippen LogP contribution in [-0.2, 0) is 19.1 Å². The van der Waals surface area contributed by atoms with Crippen LogP contribution in [0, 0.1) is 0 Å². The van der Waals surface area contributed by atoms with E-state index < -0.39 is 0 Å². The first-order valence-electron chi connectivity index (χ1n) is 5.97. The van der Waals surface area contributed by atoms with Crippen LogP contribution in [0.2, 0.25) is 0 Å². The van der Waals surface area contributed by atoms with Crippen LogP contribution in [0.5, 0.6) is 0 Å². The maximum atomic E-state index is 11.4. The number of hydrogen-bond donors (Lipinski definition) is 0. The first-order valence-corrected chi connectivity index (χ1v) is 7.02. The number of rotatable bonds is 7. The van der Waals surface area contributed by atoms with Crippen molar-refractivity contribution in [1.82, 2.24) is 0 Å². The van der Waals surface area contributed by atoms with Crippen LogP contribution >= 0.6 is 11.8 Å². The van der Waals surface area contributed by atoms with E-state index in [1.54, 1.807) is 11.8 Å². The molecular formula is C14H18O4S. The molecule has 0 aliphatic rings. The van der Waals surface area contributed by atoms with Crippen molar-refractivity contribution < 1.29 is 19.1 Å². The Bertz CT molecular complexity index is 405. The molecule has 5 heteroatoms. The van der Waals surface area contributed by atoms with Crippen LogP contribution < -0.4 is 0 Å². The van der Waals surface area contributed by atoms with Crippen molar-refractivity contribution >= 4 is 23.7 Å². The van der Waals surface area contributed by atoms with E-state index in [-0.39, 0.29) is 17.2 Å². The monoisotopic (exact) mass is 282 g/mol.